The van der Waals surface area contributed by atoms with Gasteiger partial charge in [-0.1, -0.05) is 6.07 Å². The first-order chi connectivity index (χ1) is 8.35. The number of nitrogens with one attached hydrogen (secondary N) is 1. The fourth-order valence-electron chi connectivity index (χ4n) is 1.74. The van der Waals surface area contributed by atoms with Gasteiger partial charge in [-0.05, 0) is 19.1 Å². The van der Waals surface area contributed by atoms with Crippen molar-refractivity contribution in [2.75, 3.05) is 23.1 Å². The Bertz CT molecular complexity index is 663. The molecule has 0 aliphatic rings. The Morgan fingerprint density at radius 1 is 1.50 bits per heavy atom. The molecule has 3 N–H and O–H groups in total. The Morgan fingerprint density at radius 2 is 2.22 bits per heavy atom. The Balaban J connectivity index is 2.20. The number of hydrogen-bond donors (Lipinski definition) is 2. The fourth-order valence-corrected chi connectivity index (χ4v) is 2.73. The van der Waals surface area contributed by atoms with E-state index in [1.807, 2.05) is 0 Å². The number of benzene rings is 1. The van der Waals surface area contributed by atoms with Gasteiger partial charge in [0.1, 0.15) is 15.4 Å². The highest BCUT2D eigenvalue weighted by molar-refractivity contribution is 7.90. The number of nitrogens with two attached hydrogens (primary N) is 1. The molecule has 0 bridgehead atoms. The predicted octanol–water partition coefficient (Wildman–Crippen LogP) is 1.25. The van der Waals surface area contributed by atoms with Crippen molar-refractivity contribution in [2.45, 2.75) is 13.0 Å². The third-order valence-corrected chi connectivity index (χ3v) is 3.48. The second-order valence-electron chi connectivity index (χ2n) is 4.35. The summed E-state index contributed by atoms with van der Waals surface area (Å²) in [6.45, 7) is 1.75. The highest BCUT2D eigenvalue weighted by atomic mass is 32.2. The van der Waals surface area contributed by atoms with Crippen LogP contribution in [-0.2, 0) is 9.84 Å². The number of nitrogens with zero attached hydrogens (tertiary/aromatic N) is 1. The van der Waals surface area contributed by atoms with Crippen LogP contribution in [0.3, 0.4) is 0 Å². The van der Waals surface area contributed by atoms with Crippen molar-refractivity contribution in [3.8, 4) is 0 Å². The number of aromatic nitrogens is 1. The summed E-state index contributed by atoms with van der Waals surface area (Å²) in [4.78, 5) is 4.18. The fraction of sp³-hybridized carbons (Fsp3) is 0.364. The summed E-state index contributed by atoms with van der Waals surface area (Å²) in [5.41, 5.74) is 7.43. The summed E-state index contributed by atoms with van der Waals surface area (Å²) in [6.07, 6.45) is 1.19. The molecule has 2 rings (SSSR count). The maximum Gasteiger partial charge on any atom is 0.296 e. The molecular formula is C11H15N3O3S. The van der Waals surface area contributed by atoms with Crippen LogP contribution >= 0.6 is 0 Å². The third-order valence-electron chi connectivity index (χ3n) is 2.37. The van der Waals surface area contributed by atoms with Gasteiger partial charge < -0.3 is 15.5 Å². The molecule has 1 aromatic carbocycles. The molecule has 1 atom stereocenters. The summed E-state index contributed by atoms with van der Waals surface area (Å²) in [6, 6.07) is 5.25. The summed E-state index contributed by atoms with van der Waals surface area (Å²) in [7, 11) is -3.04. The zero-order valence-corrected chi connectivity index (χ0v) is 11.0. The van der Waals surface area contributed by atoms with Gasteiger partial charge >= 0.3 is 0 Å². The molecule has 1 aromatic heterocycles. The van der Waals surface area contributed by atoms with Crippen LogP contribution in [0.4, 0.5) is 11.7 Å². The molecule has 0 aliphatic carbocycles. The van der Waals surface area contributed by atoms with Crippen molar-refractivity contribution >= 4 is 32.6 Å². The normalized spacial score (nSPS) is 13.7. The highest BCUT2D eigenvalue weighted by Crippen LogP contribution is 2.23. The summed E-state index contributed by atoms with van der Waals surface area (Å²) in [5, 5.41) is 2.90. The maximum atomic E-state index is 11.1. The van der Waals surface area contributed by atoms with E-state index in [0.29, 0.717) is 16.8 Å². The van der Waals surface area contributed by atoms with Crippen molar-refractivity contribution in [1.29, 1.82) is 0 Å². The van der Waals surface area contributed by atoms with Gasteiger partial charge in [0, 0.05) is 12.3 Å². The molecular weight excluding hydrogens is 254 g/mol. The lowest BCUT2D eigenvalue weighted by Crippen LogP contribution is -2.25. The number of para-hydroxylation sites is 1. The summed E-state index contributed by atoms with van der Waals surface area (Å²) in [5.74, 6) is 0.0151. The number of sulfone groups is 1. The van der Waals surface area contributed by atoms with E-state index in [2.05, 4.69) is 10.3 Å². The van der Waals surface area contributed by atoms with Crippen LogP contribution in [0.15, 0.2) is 22.6 Å². The van der Waals surface area contributed by atoms with Gasteiger partial charge in [-0.15, -0.1) is 0 Å². The number of oxazole rings is 1. The average Bonchev–Trinajstić information content (AvgIpc) is 2.58. The summed E-state index contributed by atoms with van der Waals surface area (Å²) >= 11 is 0. The van der Waals surface area contributed by atoms with Crippen molar-refractivity contribution in [3.05, 3.63) is 18.2 Å². The van der Waals surface area contributed by atoms with Gasteiger partial charge in [-0.3, -0.25) is 0 Å². The van der Waals surface area contributed by atoms with E-state index in [9.17, 15) is 8.42 Å². The van der Waals surface area contributed by atoms with Crippen molar-refractivity contribution in [1.82, 2.24) is 4.98 Å². The van der Waals surface area contributed by atoms with Crippen LogP contribution in [0.1, 0.15) is 6.92 Å². The first-order valence-corrected chi connectivity index (χ1v) is 7.50. The van der Waals surface area contributed by atoms with Crippen LogP contribution in [-0.4, -0.2) is 31.5 Å². The summed E-state index contributed by atoms with van der Waals surface area (Å²) < 4.78 is 27.7. The first-order valence-electron chi connectivity index (χ1n) is 5.44. The molecule has 0 fully saturated rings. The minimum absolute atomic E-state index is 0.0151. The Kier molecular flexibility index (Phi) is 3.16. The predicted molar refractivity (Wildman–Crippen MR) is 71.2 cm³/mol. The van der Waals surface area contributed by atoms with Crippen molar-refractivity contribution in [2.24, 2.45) is 0 Å². The van der Waals surface area contributed by atoms with Crippen molar-refractivity contribution in [3.63, 3.8) is 0 Å². The zero-order chi connectivity index (χ0) is 13.3. The molecule has 18 heavy (non-hydrogen) atoms. The van der Waals surface area contributed by atoms with Gasteiger partial charge in [0.2, 0.25) is 0 Å². The SMILES string of the molecule is CC(CS(C)(=O)=O)Nc1nc2c(N)cccc2o1. The number of nitrogen functional groups attached to an aromatic ring is 1. The number of fused-ring (bicyclic) bond motifs is 1. The monoisotopic (exact) mass is 269 g/mol. The number of anilines is 2. The van der Waals surface area contributed by atoms with E-state index >= 15 is 0 Å². The molecule has 6 nitrogen and oxygen atoms in total. The Morgan fingerprint density at radius 3 is 2.83 bits per heavy atom. The van der Waals surface area contributed by atoms with Gasteiger partial charge in [0.15, 0.2) is 5.58 Å². The minimum Gasteiger partial charge on any atom is -0.423 e. The maximum absolute atomic E-state index is 11.1. The van der Waals surface area contributed by atoms with E-state index in [0.717, 1.165) is 0 Å². The van der Waals surface area contributed by atoms with E-state index in [1.54, 1.807) is 25.1 Å². The first kappa shape index (κ1) is 12.7. The van der Waals surface area contributed by atoms with Crippen molar-refractivity contribution < 1.29 is 12.8 Å². The molecule has 0 saturated heterocycles. The number of hydrogen-bond acceptors (Lipinski definition) is 6. The van der Waals surface area contributed by atoms with Gasteiger partial charge in [0.05, 0.1) is 11.4 Å². The second-order valence-corrected chi connectivity index (χ2v) is 6.54. The van der Waals surface area contributed by atoms with E-state index in [1.165, 1.54) is 6.26 Å². The minimum atomic E-state index is -3.04. The van der Waals surface area contributed by atoms with Crippen LogP contribution in [0.5, 0.6) is 0 Å². The lowest BCUT2D eigenvalue weighted by molar-refractivity contribution is 0.589. The topological polar surface area (TPSA) is 98.2 Å². The van der Waals surface area contributed by atoms with E-state index < -0.39 is 9.84 Å². The molecule has 1 unspecified atom stereocenters. The van der Waals surface area contributed by atoms with E-state index in [-0.39, 0.29) is 17.8 Å². The molecule has 2 aromatic rings. The standard InChI is InChI=1S/C11H15N3O3S/c1-7(6-18(2,15)16)13-11-14-10-8(12)4-3-5-9(10)17-11/h3-5,7H,6,12H2,1-2H3,(H,13,14). The zero-order valence-electron chi connectivity index (χ0n) is 10.2. The van der Waals surface area contributed by atoms with Crippen LogP contribution in [0.25, 0.3) is 11.1 Å². The Labute approximate surface area is 105 Å². The van der Waals surface area contributed by atoms with Crippen LogP contribution in [0, 0.1) is 0 Å². The van der Waals surface area contributed by atoms with Gasteiger partial charge in [-0.2, -0.15) is 4.98 Å². The van der Waals surface area contributed by atoms with Gasteiger partial charge in [0.25, 0.3) is 6.01 Å². The third kappa shape index (κ3) is 2.92. The van der Waals surface area contributed by atoms with E-state index in [4.69, 9.17) is 10.2 Å². The smallest absolute Gasteiger partial charge is 0.296 e. The van der Waals surface area contributed by atoms with Crippen LogP contribution in [0.2, 0.25) is 0 Å². The molecule has 0 radical (unpaired) electrons. The lowest BCUT2D eigenvalue weighted by Gasteiger charge is -2.09. The molecule has 98 valence electrons. The highest BCUT2D eigenvalue weighted by Gasteiger charge is 2.14. The molecule has 0 amide bonds. The Hall–Kier alpha value is -1.76. The number of rotatable bonds is 4. The molecule has 0 aliphatic heterocycles. The lowest BCUT2D eigenvalue weighted by atomic mass is 10.3. The largest absolute Gasteiger partial charge is 0.423 e. The molecule has 0 saturated carbocycles. The molecule has 7 heteroatoms. The van der Waals surface area contributed by atoms with Gasteiger partial charge in [-0.25, -0.2) is 8.42 Å². The average molecular weight is 269 g/mol. The van der Waals surface area contributed by atoms with Crippen LogP contribution < -0.4 is 11.1 Å². The molecule has 0 spiro atoms. The second kappa shape index (κ2) is 4.49. The molecule has 1 heterocycles. The quantitative estimate of drug-likeness (QED) is 0.811.